The van der Waals surface area contributed by atoms with Crippen molar-refractivity contribution in [1.82, 2.24) is 5.32 Å². The largest absolute Gasteiger partial charge is 0.454 e. The van der Waals surface area contributed by atoms with Gasteiger partial charge in [0.05, 0.1) is 0 Å². The maximum atomic E-state index is 12.3. The van der Waals surface area contributed by atoms with E-state index >= 15 is 0 Å². The van der Waals surface area contributed by atoms with E-state index in [0.29, 0.717) is 17.9 Å². The molecule has 1 rings (SSSR count). The van der Waals surface area contributed by atoms with Crippen LogP contribution in [0.5, 0.6) is 0 Å². The van der Waals surface area contributed by atoms with E-state index in [1.165, 1.54) is 24.4 Å². The molecule has 1 aromatic rings. The number of carbonyl (C=O) groups is 2. The predicted molar refractivity (Wildman–Crippen MR) is 73.0 cm³/mol. The summed E-state index contributed by atoms with van der Waals surface area (Å²) in [5, 5.41) is 2.59. The molecule has 0 atom stereocenters. The average Bonchev–Trinajstić information content (AvgIpc) is 2.45. The summed E-state index contributed by atoms with van der Waals surface area (Å²) in [4.78, 5) is 21.1. The highest BCUT2D eigenvalue weighted by atomic mass is 19.4. The van der Waals surface area contributed by atoms with Crippen LogP contribution in [0.2, 0.25) is 0 Å². The van der Waals surface area contributed by atoms with Crippen LogP contribution < -0.4 is 5.32 Å². The summed E-state index contributed by atoms with van der Waals surface area (Å²) in [5.74, 6) is -1.95. The summed E-state index contributed by atoms with van der Waals surface area (Å²) in [6, 6.07) is 8.11. The normalized spacial score (nSPS) is 12.8. The number of benzene rings is 1. The molecule has 0 bridgehead atoms. The molecule has 0 radical (unpaired) electrons. The third-order valence-electron chi connectivity index (χ3n) is 2.28. The number of hydrogen-bond acceptors (Lipinski definition) is 3. The lowest BCUT2D eigenvalue weighted by Gasteiger charge is -2.08. The summed E-state index contributed by atoms with van der Waals surface area (Å²) < 4.78 is 37.0. The number of allylic oxidation sites excluding steroid dienone is 4. The molecule has 0 unspecified atom stereocenters. The van der Waals surface area contributed by atoms with Crippen LogP contribution in [0.1, 0.15) is 5.56 Å². The number of carbonyl (C=O) groups excluding carboxylic acids is 2. The van der Waals surface area contributed by atoms with Crippen molar-refractivity contribution in [1.29, 1.82) is 0 Å². The molecule has 21 heavy (non-hydrogen) atoms. The van der Waals surface area contributed by atoms with Crippen LogP contribution >= 0.6 is 0 Å². The van der Waals surface area contributed by atoms with Crippen LogP contribution in [0.15, 0.2) is 60.8 Å². The zero-order chi connectivity index (χ0) is 15.7. The van der Waals surface area contributed by atoms with Gasteiger partial charge >= 0.3 is 6.18 Å². The van der Waals surface area contributed by atoms with E-state index in [1.807, 2.05) is 0 Å². The van der Waals surface area contributed by atoms with Crippen LogP contribution in [0.3, 0.4) is 0 Å². The van der Waals surface area contributed by atoms with E-state index in [9.17, 15) is 22.8 Å². The minimum atomic E-state index is -4.93. The Kier molecular flexibility index (Phi) is 6.13. The molecule has 0 spiro atoms. The fourth-order valence-electron chi connectivity index (χ4n) is 1.34. The van der Waals surface area contributed by atoms with E-state index in [1.54, 1.807) is 30.3 Å². The molecule has 1 aromatic carbocycles. The van der Waals surface area contributed by atoms with Gasteiger partial charge in [0.15, 0.2) is 0 Å². The molecule has 0 fully saturated rings. The van der Waals surface area contributed by atoms with Gasteiger partial charge in [0.25, 0.3) is 5.78 Å². The van der Waals surface area contributed by atoms with E-state index in [4.69, 9.17) is 0 Å². The third kappa shape index (κ3) is 5.90. The summed E-state index contributed by atoms with van der Waals surface area (Å²) in [6.07, 6.45) is 1.47. The van der Waals surface area contributed by atoms with Gasteiger partial charge in [-0.1, -0.05) is 36.4 Å². The summed E-state index contributed by atoms with van der Waals surface area (Å²) in [5.41, 5.74) is 0.438. The van der Waals surface area contributed by atoms with Gasteiger partial charge in [0.1, 0.15) is 6.29 Å². The van der Waals surface area contributed by atoms with Crippen LogP contribution in [-0.2, 0) is 9.59 Å². The summed E-state index contributed by atoms with van der Waals surface area (Å²) in [6.45, 7) is 0. The second kappa shape index (κ2) is 7.84. The number of aldehydes is 1. The van der Waals surface area contributed by atoms with E-state index < -0.39 is 12.0 Å². The number of hydrogen-bond donors (Lipinski definition) is 1. The zero-order valence-corrected chi connectivity index (χ0v) is 10.8. The van der Waals surface area contributed by atoms with Gasteiger partial charge in [0, 0.05) is 18.0 Å². The molecule has 1 N–H and O–H groups in total. The third-order valence-corrected chi connectivity index (χ3v) is 2.28. The monoisotopic (exact) mass is 295 g/mol. The standard InChI is InChI=1S/C15H12F3NO2/c16-15(17,18)14(21)11-13(12-7-3-1-4-8-12)19-9-5-2-6-10-20/h1-11,19H/b6-2?,9-5?,13-11-. The molecule has 110 valence electrons. The first-order valence-corrected chi connectivity index (χ1v) is 5.87. The number of alkyl halides is 3. The number of rotatable bonds is 6. The van der Waals surface area contributed by atoms with Gasteiger partial charge in [-0.2, -0.15) is 13.2 Å². The Morgan fingerprint density at radius 2 is 1.71 bits per heavy atom. The molecule has 0 heterocycles. The van der Waals surface area contributed by atoms with Crippen LogP contribution in [-0.4, -0.2) is 18.2 Å². The maximum absolute atomic E-state index is 12.3. The van der Waals surface area contributed by atoms with Gasteiger partial charge < -0.3 is 5.32 Å². The molecule has 0 aliphatic heterocycles. The lowest BCUT2D eigenvalue weighted by molar-refractivity contribution is -0.165. The first-order chi connectivity index (χ1) is 9.95. The molecule has 0 aromatic heterocycles. The van der Waals surface area contributed by atoms with Gasteiger partial charge in [-0.15, -0.1) is 0 Å². The molecular formula is C15H12F3NO2. The van der Waals surface area contributed by atoms with Crippen LogP contribution in [0, 0.1) is 0 Å². The maximum Gasteiger partial charge on any atom is 0.454 e. The van der Waals surface area contributed by atoms with E-state index in [2.05, 4.69) is 5.32 Å². The number of nitrogens with one attached hydrogen (secondary N) is 1. The average molecular weight is 295 g/mol. The Labute approximate surface area is 119 Å². The first kappa shape index (κ1) is 16.4. The minimum absolute atomic E-state index is 0.00804. The smallest absolute Gasteiger partial charge is 0.361 e. The van der Waals surface area contributed by atoms with E-state index in [0.717, 1.165) is 0 Å². The van der Waals surface area contributed by atoms with E-state index in [-0.39, 0.29) is 5.70 Å². The van der Waals surface area contributed by atoms with Gasteiger partial charge in [-0.25, -0.2) is 0 Å². The Morgan fingerprint density at radius 3 is 2.29 bits per heavy atom. The highest BCUT2D eigenvalue weighted by Crippen LogP contribution is 2.19. The quantitative estimate of drug-likeness (QED) is 0.498. The first-order valence-electron chi connectivity index (χ1n) is 5.87. The second-order valence-electron chi connectivity index (χ2n) is 3.81. The van der Waals surface area contributed by atoms with Gasteiger partial charge in [-0.05, 0) is 17.7 Å². The summed E-state index contributed by atoms with van der Waals surface area (Å²) >= 11 is 0. The Bertz CT molecular complexity index is 572. The highest BCUT2D eigenvalue weighted by molar-refractivity contribution is 6.00. The molecule has 0 saturated carbocycles. The van der Waals surface area contributed by atoms with Crippen molar-refractivity contribution < 1.29 is 22.8 Å². The van der Waals surface area contributed by atoms with Crippen molar-refractivity contribution in [3.63, 3.8) is 0 Å². The lowest BCUT2D eigenvalue weighted by Crippen LogP contribution is -2.21. The number of halogens is 3. The zero-order valence-electron chi connectivity index (χ0n) is 10.8. The van der Waals surface area contributed by atoms with Crippen molar-refractivity contribution in [2.75, 3.05) is 0 Å². The molecule has 0 aliphatic carbocycles. The van der Waals surface area contributed by atoms with Crippen LogP contribution in [0.25, 0.3) is 5.70 Å². The molecule has 0 aliphatic rings. The fourth-order valence-corrected chi connectivity index (χ4v) is 1.34. The van der Waals surface area contributed by atoms with Crippen molar-refractivity contribution in [2.24, 2.45) is 0 Å². The summed E-state index contributed by atoms with van der Waals surface area (Å²) in [7, 11) is 0. The van der Waals surface area contributed by atoms with Crippen molar-refractivity contribution in [3.05, 3.63) is 66.4 Å². The Hall–Kier alpha value is -2.63. The van der Waals surface area contributed by atoms with Crippen molar-refractivity contribution in [3.8, 4) is 0 Å². The van der Waals surface area contributed by atoms with Crippen molar-refractivity contribution in [2.45, 2.75) is 6.18 Å². The van der Waals surface area contributed by atoms with Crippen molar-refractivity contribution >= 4 is 17.8 Å². The minimum Gasteiger partial charge on any atom is -0.361 e. The van der Waals surface area contributed by atoms with Crippen LogP contribution in [0.4, 0.5) is 13.2 Å². The topological polar surface area (TPSA) is 46.2 Å². The highest BCUT2D eigenvalue weighted by Gasteiger charge is 2.36. The molecular weight excluding hydrogens is 283 g/mol. The molecule has 3 nitrogen and oxygen atoms in total. The number of ketones is 1. The fraction of sp³-hybridized carbons (Fsp3) is 0.0667. The van der Waals surface area contributed by atoms with Gasteiger partial charge in [-0.3, -0.25) is 9.59 Å². The Balaban J connectivity index is 2.99. The molecule has 6 heteroatoms. The molecule has 0 amide bonds. The predicted octanol–water partition coefficient (Wildman–Crippen LogP) is 3.02. The lowest BCUT2D eigenvalue weighted by atomic mass is 10.1. The second-order valence-corrected chi connectivity index (χ2v) is 3.81. The molecule has 0 saturated heterocycles. The SMILES string of the molecule is O=CC=CC=CN/C(=C\C(=O)C(F)(F)F)c1ccccc1. The Morgan fingerprint density at radius 1 is 1.05 bits per heavy atom. The van der Waals surface area contributed by atoms with Gasteiger partial charge in [0.2, 0.25) is 0 Å².